The number of carbonyl (C=O) groups excluding carboxylic acids is 1. The quantitative estimate of drug-likeness (QED) is 0.228. The third-order valence-electron chi connectivity index (χ3n) is 5.79. The van der Waals surface area contributed by atoms with E-state index in [2.05, 4.69) is 29.5 Å². The Hall–Kier alpha value is -3.71. The van der Waals surface area contributed by atoms with Gasteiger partial charge in [-0.1, -0.05) is 37.1 Å². The summed E-state index contributed by atoms with van der Waals surface area (Å²) in [6.07, 6.45) is 1.03. The van der Waals surface area contributed by atoms with E-state index in [9.17, 15) is 9.90 Å². The summed E-state index contributed by atoms with van der Waals surface area (Å²) in [7, 11) is 0. The van der Waals surface area contributed by atoms with Gasteiger partial charge in [-0.25, -0.2) is 4.98 Å². The normalized spacial score (nSPS) is 11.9. The second kappa shape index (κ2) is 9.65. The van der Waals surface area contributed by atoms with Crippen LogP contribution in [0.1, 0.15) is 53.2 Å². The predicted molar refractivity (Wildman–Crippen MR) is 139 cm³/mol. The highest BCUT2D eigenvalue weighted by atomic mass is 32.1. The maximum atomic E-state index is 12.6. The first-order valence-electron chi connectivity index (χ1n) is 11.2. The molecule has 0 unspecified atom stereocenters. The van der Waals surface area contributed by atoms with Crippen molar-refractivity contribution in [3.05, 3.63) is 76.9 Å². The van der Waals surface area contributed by atoms with Crippen LogP contribution in [0.15, 0.2) is 59.0 Å². The fraction of sp³-hybridized carbons (Fsp3) is 0.222. The minimum absolute atomic E-state index is 0.0319. The summed E-state index contributed by atoms with van der Waals surface area (Å²) in [5.74, 6) is 0.469. The Balaban J connectivity index is 1.54. The Kier molecular flexibility index (Phi) is 6.65. The number of phenols is 1. The molecule has 34 heavy (non-hydrogen) atoms. The highest BCUT2D eigenvalue weighted by molar-refractivity contribution is 7.80. The number of rotatable bonds is 5. The molecule has 6 nitrogen and oxygen atoms in total. The highest BCUT2D eigenvalue weighted by Crippen LogP contribution is 2.34. The van der Waals surface area contributed by atoms with Crippen LogP contribution in [0, 0.1) is 13.8 Å². The molecule has 0 fully saturated rings. The standard InChI is InChI=1S/C27H27N3O3S/c1-5-17(4)18-6-9-24-22(13-18)29-26(33-24)21-14-20(7-8-23(21)31)28-27(34)30-25(32)19-11-15(2)10-16(3)12-19/h6-14,17,31H,5H2,1-4H3,(H2,28,30,32,34)/t17-/m0/s1. The second-order valence-electron chi connectivity index (χ2n) is 8.57. The summed E-state index contributed by atoms with van der Waals surface area (Å²) in [6, 6.07) is 16.5. The number of aromatic nitrogens is 1. The fourth-order valence-electron chi connectivity index (χ4n) is 3.83. The number of hydrogen-bond acceptors (Lipinski definition) is 5. The van der Waals surface area contributed by atoms with Gasteiger partial charge in [-0.3, -0.25) is 10.1 Å². The van der Waals surface area contributed by atoms with E-state index in [1.165, 1.54) is 11.6 Å². The van der Waals surface area contributed by atoms with Gasteiger partial charge >= 0.3 is 0 Å². The number of aromatic hydroxyl groups is 1. The molecule has 0 saturated carbocycles. The molecule has 3 N–H and O–H groups in total. The van der Waals surface area contributed by atoms with Crippen LogP contribution in [0.3, 0.4) is 0 Å². The first-order valence-corrected chi connectivity index (χ1v) is 11.6. The van der Waals surface area contributed by atoms with Crippen molar-refractivity contribution in [2.75, 3.05) is 5.32 Å². The molecule has 0 bridgehead atoms. The lowest BCUT2D eigenvalue weighted by atomic mass is 9.98. The van der Waals surface area contributed by atoms with E-state index >= 15 is 0 Å². The molecule has 4 rings (SSSR count). The van der Waals surface area contributed by atoms with Crippen LogP contribution in [0.5, 0.6) is 5.75 Å². The second-order valence-corrected chi connectivity index (χ2v) is 8.98. The zero-order chi connectivity index (χ0) is 24.4. The number of hydrogen-bond donors (Lipinski definition) is 3. The van der Waals surface area contributed by atoms with Gasteiger partial charge in [0.25, 0.3) is 5.91 Å². The van der Waals surface area contributed by atoms with Gasteiger partial charge in [0, 0.05) is 11.3 Å². The SMILES string of the molecule is CC[C@H](C)c1ccc2oc(-c3cc(NC(=S)NC(=O)c4cc(C)cc(C)c4)ccc3O)nc2c1. The van der Waals surface area contributed by atoms with Gasteiger partial charge in [-0.2, -0.15) is 0 Å². The average molecular weight is 474 g/mol. The van der Waals surface area contributed by atoms with Gasteiger partial charge in [-0.05, 0) is 86.4 Å². The first-order chi connectivity index (χ1) is 16.2. The van der Waals surface area contributed by atoms with Crippen LogP contribution in [0.4, 0.5) is 5.69 Å². The van der Waals surface area contributed by atoms with E-state index in [4.69, 9.17) is 16.6 Å². The molecule has 0 aliphatic carbocycles. The molecular formula is C27H27N3O3S. The maximum absolute atomic E-state index is 12.6. The summed E-state index contributed by atoms with van der Waals surface area (Å²) in [6.45, 7) is 8.20. The lowest BCUT2D eigenvalue weighted by molar-refractivity contribution is 0.0977. The van der Waals surface area contributed by atoms with Crippen molar-refractivity contribution in [3.8, 4) is 17.2 Å². The zero-order valence-electron chi connectivity index (χ0n) is 19.6. The molecule has 1 heterocycles. The number of oxazole rings is 1. The number of aryl methyl sites for hydroxylation is 2. The van der Waals surface area contributed by atoms with Gasteiger partial charge in [0.1, 0.15) is 11.3 Å². The molecule has 3 aromatic carbocycles. The van der Waals surface area contributed by atoms with Crippen molar-refractivity contribution in [2.45, 2.75) is 40.0 Å². The molecule has 1 atom stereocenters. The van der Waals surface area contributed by atoms with E-state index in [0.717, 1.165) is 23.1 Å². The van der Waals surface area contributed by atoms with E-state index in [1.54, 1.807) is 12.1 Å². The minimum atomic E-state index is -0.292. The van der Waals surface area contributed by atoms with Crippen LogP contribution in [-0.4, -0.2) is 21.1 Å². The molecule has 1 amide bonds. The summed E-state index contributed by atoms with van der Waals surface area (Å²) < 4.78 is 5.91. The zero-order valence-corrected chi connectivity index (χ0v) is 20.4. The fourth-order valence-corrected chi connectivity index (χ4v) is 4.04. The van der Waals surface area contributed by atoms with Crippen molar-refractivity contribution < 1.29 is 14.3 Å². The third kappa shape index (κ3) is 5.10. The van der Waals surface area contributed by atoms with Crippen molar-refractivity contribution in [2.24, 2.45) is 0 Å². The number of amides is 1. The van der Waals surface area contributed by atoms with Crippen LogP contribution in [-0.2, 0) is 0 Å². The summed E-state index contributed by atoms with van der Waals surface area (Å²) in [4.78, 5) is 17.2. The Morgan fingerprint density at radius 2 is 1.82 bits per heavy atom. The number of nitrogens with one attached hydrogen (secondary N) is 2. The third-order valence-corrected chi connectivity index (χ3v) is 5.99. The van der Waals surface area contributed by atoms with Gasteiger partial charge < -0.3 is 14.8 Å². The topological polar surface area (TPSA) is 87.4 Å². The predicted octanol–water partition coefficient (Wildman–Crippen LogP) is 6.46. The molecule has 4 aromatic rings. The van der Waals surface area contributed by atoms with Gasteiger partial charge in [-0.15, -0.1) is 0 Å². The molecule has 1 aromatic heterocycles. The number of carbonyl (C=O) groups is 1. The molecule has 0 radical (unpaired) electrons. The van der Waals surface area contributed by atoms with Gasteiger partial charge in [0.15, 0.2) is 10.7 Å². The van der Waals surface area contributed by atoms with Crippen molar-refractivity contribution >= 4 is 40.0 Å². The lowest BCUT2D eigenvalue weighted by Gasteiger charge is -2.11. The monoisotopic (exact) mass is 473 g/mol. The first kappa shape index (κ1) is 23.4. The summed E-state index contributed by atoms with van der Waals surface area (Å²) >= 11 is 5.33. The number of fused-ring (bicyclic) bond motifs is 1. The average Bonchev–Trinajstić information content (AvgIpc) is 3.22. The van der Waals surface area contributed by atoms with Crippen molar-refractivity contribution in [1.82, 2.24) is 10.3 Å². The van der Waals surface area contributed by atoms with Gasteiger partial charge in [0.2, 0.25) is 5.89 Å². The van der Waals surface area contributed by atoms with Gasteiger partial charge in [0.05, 0.1) is 5.56 Å². The molecular weight excluding hydrogens is 446 g/mol. The molecule has 7 heteroatoms. The molecule has 174 valence electrons. The Morgan fingerprint density at radius 1 is 1.09 bits per heavy atom. The Labute approximate surface area is 204 Å². The lowest BCUT2D eigenvalue weighted by Crippen LogP contribution is -2.34. The van der Waals surface area contributed by atoms with Crippen LogP contribution < -0.4 is 10.6 Å². The summed E-state index contributed by atoms with van der Waals surface area (Å²) in [5.41, 5.74) is 6.13. The van der Waals surface area contributed by atoms with E-state index in [0.29, 0.717) is 34.2 Å². The van der Waals surface area contributed by atoms with Crippen LogP contribution in [0.25, 0.3) is 22.6 Å². The smallest absolute Gasteiger partial charge is 0.257 e. The number of nitrogens with zero attached hydrogens (tertiary/aromatic N) is 1. The molecule has 0 saturated heterocycles. The number of anilines is 1. The van der Waals surface area contributed by atoms with E-state index < -0.39 is 0 Å². The van der Waals surface area contributed by atoms with E-state index in [-0.39, 0.29) is 16.8 Å². The minimum Gasteiger partial charge on any atom is -0.507 e. The maximum Gasteiger partial charge on any atom is 0.257 e. The van der Waals surface area contributed by atoms with Crippen molar-refractivity contribution in [1.29, 1.82) is 0 Å². The highest BCUT2D eigenvalue weighted by Gasteiger charge is 2.16. The molecule has 0 aliphatic heterocycles. The summed E-state index contributed by atoms with van der Waals surface area (Å²) in [5, 5.41) is 16.3. The molecule has 0 aliphatic rings. The van der Waals surface area contributed by atoms with Crippen LogP contribution in [0.2, 0.25) is 0 Å². The molecule has 0 spiro atoms. The number of benzene rings is 3. The number of phenolic OH excluding ortho intramolecular Hbond substituents is 1. The Morgan fingerprint density at radius 3 is 2.53 bits per heavy atom. The van der Waals surface area contributed by atoms with Crippen LogP contribution >= 0.6 is 12.2 Å². The van der Waals surface area contributed by atoms with E-state index in [1.807, 2.05) is 50.2 Å². The van der Waals surface area contributed by atoms with Crippen molar-refractivity contribution in [3.63, 3.8) is 0 Å². The number of thiocarbonyl (C=S) groups is 1. The Bertz CT molecular complexity index is 1370. The largest absolute Gasteiger partial charge is 0.507 e.